The normalized spacial score (nSPS) is 12.3. The van der Waals surface area contributed by atoms with Crippen LogP contribution in [0.15, 0.2) is 18.5 Å². The van der Waals surface area contributed by atoms with Gasteiger partial charge in [-0.1, -0.05) is 0 Å². The summed E-state index contributed by atoms with van der Waals surface area (Å²) in [7, 11) is 0. The van der Waals surface area contributed by atoms with Crippen LogP contribution in [0.2, 0.25) is 0 Å². The number of amides is 1. The van der Waals surface area contributed by atoms with Gasteiger partial charge in [-0.2, -0.15) is 16.9 Å². The summed E-state index contributed by atoms with van der Waals surface area (Å²) in [5, 5.41) is 16.1. The SMILES string of the molecule is CSCC[C@@H](CO)NC(=O)CCCn1cccn1. The molecule has 1 atom stereocenters. The number of carbonyl (C=O) groups excluding carboxylic acids is 1. The molecule has 0 bridgehead atoms. The second-order valence-electron chi connectivity index (χ2n) is 4.10. The summed E-state index contributed by atoms with van der Waals surface area (Å²) >= 11 is 1.71. The first-order valence-electron chi connectivity index (χ1n) is 6.13. The maximum absolute atomic E-state index is 11.6. The van der Waals surface area contributed by atoms with Gasteiger partial charge in [-0.15, -0.1) is 0 Å². The molecule has 18 heavy (non-hydrogen) atoms. The second kappa shape index (κ2) is 8.99. The van der Waals surface area contributed by atoms with Gasteiger partial charge in [-0.25, -0.2) is 0 Å². The van der Waals surface area contributed by atoms with Gasteiger partial charge < -0.3 is 10.4 Å². The van der Waals surface area contributed by atoms with E-state index in [1.54, 1.807) is 18.0 Å². The van der Waals surface area contributed by atoms with Gasteiger partial charge in [0, 0.05) is 25.4 Å². The molecule has 0 aromatic carbocycles. The van der Waals surface area contributed by atoms with Crippen molar-refractivity contribution in [2.45, 2.75) is 31.8 Å². The molecule has 0 radical (unpaired) electrons. The van der Waals surface area contributed by atoms with Gasteiger partial charge in [0.25, 0.3) is 0 Å². The molecular formula is C12H21N3O2S. The third-order valence-corrected chi connectivity index (χ3v) is 3.25. The molecule has 6 heteroatoms. The fourth-order valence-electron chi connectivity index (χ4n) is 1.60. The highest BCUT2D eigenvalue weighted by atomic mass is 32.2. The highest BCUT2D eigenvalue weighted by Gasteiger charge is 2.10. The molecule has 1 amide bonds. The molecular weight excluding hydrogens is 250 g/mol. The van der Waals surface area contributed by atoms with Crippen LogP contribution in [-0.4, -0.2) is 45.5 Å². The lowest BCUT2D eigenvalue weighted by atomic mass is 10.2. The highest BCUT2D eigenvalue weighted by molar-refractivity contribution is 7.98. The summed E-state index contributed by atoms with van der Waals surface area (Å²) < 4.78 is 1.81. The zero-order valence-corrected chi connectivity index (χ0v) is 11.5. The van der Waals surface area contributed by atoms with Crippen LogP contribution in [0.5, 0.6) is 0 Å². The Morgan fingerprint density at radius 1 is 1.61 bits per heavy atom. The summed E-state index contributed by atoms with van der Waals surface area (Å²) in [6, 6.07) is 1.75. The average molecular weight is 271 g/mol. The molecule has 0 saturated carbocycles. The van der Waals surface area contributed by atoms with E-state index >= 15 is 0 Å². The first-order chi connectivity index (χ1) is 8.76. The smallest absolute Gasteiger partial charge is 0.220 e. The molecule has 1 aromatic rings. The minimum atomic E-state index is -0.116. The number of carbonyl (C=O) groups is 1. The van der Waals surface area contributed by atoms with E-state index in [4.69, 9.17) is 5.11 Å². The number of aromatic nitrogens is 2. The quantitative estimate of drug-likeness (QED) is 0.700. The van der Waals surface area contributed by atoms with Gasteiger partial charge in [-0.05, 0) is 30.9 Å². The van der Waals surface area contributed by atoms with Crippen molar-refractivity contribution in [1.29, 1.82) is 0 Å². The summed E-state index contributed by atoms with van der Waals surface area (Å²) in [6.07, 6.45) is 7.66. The number of nitrogens with zero attached hydrogens (tertiary/aromatic N) is 2. The molecule has 0 aliphatic carbocycles. The first-order valence-corrected chi connectivity index (χ1v) is 7.52. The Bertz CT molecular complexity index is 330. The predicted molar refractivity (Wildman–Crippen MR) is 73.5 cm³/mol. The second-order valence-corrected chi connectivity index (χ2v) is 5.09. The van der Waals surface area contributed by atoms with Crippen molar-refractivity contribution in [3.05, 3.63) is 18.5 Å². The Hall–Kier alpha value is -1.01. The van der Waals surface area contributed by atoms with Crippen LogP contribution in [-0.2, 0) is 11.3 Å². The zero-order chi connectivity index (χ0) is 13.2. The van der Waals surface area contributed by atoms with Crippen LogP contribution >= 0.6 is 11.8 Å². The zero-order valence-electron chi connectivity index (χ0n) is 10.7. The van der Waals surface area contributed by atoms with Gasteiger partial charge in [0.05, 0.1) is 12.6 Å². The van der Waals surface area contributed by atoms with E-state index in [9.17, 15) is 4.79 Å². The lowest BCUT2D eigenvalue weighted by Crippen LogP contribution is -2.37. The molecule has 0 fully saturated rings. The summed E-state index contributed by atoms with van der Waals surface area (Å²) in [4.78, 5) is 11.6. The summed E-state index contributed by atoms with van der Waals surface area (Å²) in [6.45, 7) is 0.750. The third kappa shape index (κ3) is 6.07. The lowest BCUT2D eigenvalue weighted by Gasteiger charge is -2.15. The number of nitrogens with one attached hydrogen (secondary N) is 1. The number of aliphatic hydroxyl groups excluding tert-OH is 1. The van der Waals surface area contributed by atoms with Gasteiger partial charge in [0.15, 0.2) is 0 Å². The monoisotopic (exact) mass is 271 g/mol. The standard InChI is InChI=1S/C12H21N3O2S/c1-18-9-5-11(10-16)14-12(17)4-2-7-15-8-3-6-13-15/h3,6,8,11,16H,2,4-5,7,9-10H2,1H3,(H,14,17)/t11-/m0/s1. The summed E-state index contributed by atoms with van der Waals surface area (Å²) in [5.41, 5.74) is 0. The Labute approximate surface area is 112 Å². The van der Waals surface area contributed by atoms with Gasteiger partial charge in [-0.3, -0.25) is 9.48 Å². The number of hydrogen-bond donors (Lipinski definition) is 2. The van der Waals surface area contributed by atoms with E-state index in [0.717, 1.165) is 25.1 Å². The molecule has 1 heterocycles. The van der Waals surface area contributed by atoms with E-state index < -0.39 is 0 Å². The predicted octanol–water partition coefficient (Wildman–Crippen LogP) is 0.893. The van der Waals surface area contributed by atoms with Gasteiger partial charge in [0.2, 0.25) is 5.91 Å². The van der Waals surface area contributed by atoms with Crippen LogP contribution in [0.1, 0.15) is 19.3 Å². The highest BCUT2D eigenvalue weighted by Crippen LogP contribution is 2.01. The van der Waals surface area contributed by atoms with E-state index in [-0.39, 0.29) is 18.6 Å². The number of aryl methyl sites for hydroxylation is 1. The fraction of sp³-hybridized carbons (Fsp3) is 0.667. The molecule has 0 aliphatic heterocycles. The van der Waals surface area contributed by atoms with Crippen molar-refractivity contribution >= 4 is 17.7 Å². The van der Waals surface area contributed by atoms with Crippen LogP contribution in [0, 0.1) is 0 Å². The Morgan fingerprint density at radius 3 is 3.06 bits per heavy atom. The largest absolute Gasteiger partial charge is 0.394 e. The minimum Gasteiger partial charge on any atom is -0.394 e. The first kappa shape index (κ1) is 15.0. The van der Waals surface area contributed by atoms with E-state index in [0.29, 0.717) is 6.42 Å². The summed E-state index contributed by atoms with van der Waals surface area (Å²) in [5.74, 6) is 0.945. The van der Waals surface area contributed by atoms with E-state index in [2.05, 4.69) is 10.4 Å². The Morgan fingerprint density at radius 2 is 2.44 bits per heavy atom. The van der Waals surface area contributed by atoms with Crippen molar-refractivity contribution in [3.63, 3.8) is 0 Å². The number of aliphatic hydroxyl groups is 1. The van der Waals surface area contributed by atoms with Crippen molar-refractivity contribution in [3.8, 4) is 0 Å². The molecule has 0 saturated heterocycles. The Kier molecular flexibility index (Phi) is 7.52. The molecule has 1 aromatic heterocycles. The number of hydrogen-bond acceptors (Lipinski definition) is 4. The van der Waals surface area contributed by atoms with Crippen molar-refractivity contribution in [2.24, 2.45) is 0 Å². The van der Waals surface area contributed by atoms with Crippen LogP contribution in [0.4, 0.5) is 0 Å². The lowest BCUT2D eigenvalue weighted by molar-refractivity contribution is -0.122. The van der Waals surface area contributed by atoms with Gasteiger partial charge >= 0.3 is 0 Å². The number of thioether (sulfide) groups is 1. The minimum absolute atomic E-state index is 0.00214. The molecule has 5 nitrogen and oxygen atoms in total. The van der Waals surface area contributed by atoms with E-state index in [1.165, 1.54) is 0 Å². The number of rotatable bonds is 9. The Balaban J connectivity index is 2.15. The average Bonchev–Trinajstić information content (AvgIpc) is 2.87. The van der Waals surface area contributed by atoms with Crippen LogP contribution < -0.4 is 5.32 Å². The molecule has 2 N–H and O–H groups in total. The van der Waals surface area contributed by atoms with Crippen LogP contribution in [0.25, 0.3) is 0 Å². The third-order valence-electron chi connectivity index (χ3n) is 2.61. The molecule has 0 aliphatic rings. The maximum atomic E-state index is 11.6. The maximum Gasteiger partial charge on any atom is 0.220 e. The molecule has 0 unspecified atom stereocenters. The van der Waals surface area contributed by atoms with Crippen molar-refractivity contribution in [1.82, 2.24) is 15.1 Å². The van der Waals surface area contributed by atoms with Crippen LogP contribution in [0.3, 0.4) is 0 Å². The topological polar surface area (TPSA) is 67.2 Å². The van der Waals surface area contributed by atoms with E-state index in [1.807, 2.05) is 23.2 Å². The van der Waals surface area contributed by atoms with Gasteiger partial charge in [0.1, 0.15) is 0 Å². The molecule has 1 rings (SSSR count). The van der Waals surface area contributed by atoms with Crippen molar-refractivity contribution in [2.75, 3.05) is 18.6 Å². The molecule has 102 valence electrons. The fourth-order valence-corrected chi connectivity index (χ4v) is 2.12. The van der Waals surface area contributed by atoms with Crippen molar-refractivity contribution < 1.29 is 9.90 Å². The molecule has 0 spiro atoms.